The summed E-state index contributed by atoms with van der Waals surface area (Å²) in [7, 11) is -4.23. The molecule has 0 atom stereocenters. The van der Waals surface area contributed by atoms with E-state index in [0.717, 1.165) is 24.6 Å². The molecule has 0 amide bonds. The van der Waals surface area contributed by atoms with Gasteiger partial charge in [0, 0.05) is 34.3 Å². The normalized spacial score (nSPS) is 12.8. The Hall–Kier alpha value is -3.43. The molecule has 2 aromatic carbocycles. The number of aromatic nitrogens is 1. The van der Waals surface area contributed by atoms with Crippen molar-refractivity contribution in [2.75, 3.05) is 10.5 Å². The summed E-state index contributed by atoms with van der Waals surface area (Å²) in [5, 5.41) is 0.554. The summed E-state index contributed by atoms with van der Waals surface area (Å²) in [6, 6.07) is 10.3. The van der Waals surface area contributed by atoms with E-state index in [1.807, 2.05) is 4.72 Å². The lowest BCUT2D eigenvalue weighted by Gasteiger charge is -2.13. The maximum absolute atomic E-state index is 15.1. The minimum Gasteiger partial charge on any atom is -0.299 e. The molecule has 0 radical (unpaired) electrons. The van der Waals surface area contributed by atoms with Gasteiger partial charge < -0.3 is 0 Å². The molecule has 6 nitrogen and oxygen atoms in total. The van der Waals surface area contributed by atoms with Crippen molar-refractivity contribution in [2.24, 2.45) is 0 Å². The van der Waals surface area contributed by atoms with Gasteiger partial charge in [0.25, 0.3) is 0 Å². The molecule has 0 bridgehead atoms. The van der Waals surface area contributed by atoms with Gasteiger partial charge >= 0.3 is 0 Å². The fourth-order valence-corrected chi connectivity index (χ4v) is 4.88. The highest BCUT2D eigenvalue weighted by atomic mass is 35.5. The third-order valence-electron chi connectivity index (χ3n) is 5.16. The average Bonchev–Trinajstić information content (AvgIpc) is 3.18. The number of halogens is 3. The number of carbonyl (C=O) groups excluding carboxylic acids is 2. The molecule has 1 heterocycles. The number of sulfonamides is 1. The minimum atomic E-state index is -4.23. The number of benzene rings is 2. The topological polar surface area (TPSA) is 93.2 Å². The molecule has 174 valence electrons. The molecule has 1 N–H and O–H groups in total. The Kier molecular flexibility index (Phi) is 6.33. The van der Waals surface area contributed by atoms with Crippen LogP contribution in [0.5, 0.6) is 0 Å². The Morgan fingerprint density at radius 3 is 2.47 bits per heavy atom. The van der Waals surface area contributed by atoms with Crippen molar-refractivity contribution >= 4 is 44.5 Å². The first-order chi connectivity index (χ1) is 16.1. The second-order valence-corrected chi connectivity index (χ2v) is 9.88. The Morgan fingerprint density at radius 1 is 1.09 bits per heavy atom. The smallest absolute Gasteiger partial charge is 0.239 e. The van der Waals surface area contributed by atoms with Gasteiger partial charge in [-0.2, -0.15) is 0 Å². The number of ketones is 2. The molecule has 0 unspecified atom stereocenters. The van der Waals surface area contributed by atoms with E-state index in [1.165, 1.54) is 6.08 Å². The first-order valence-electron chi connectivity index (χ1n) is 10.0. The summed E-state index contributed by atoms with van der Waals surface area (Å²) in [5.74, 6) is -5.01. The third kappa shape index (κ3) is 4.76. The highest BCUT2D eigenvalue weighted by molar-refractivity contribution is 7.93. The van der Waals surface area contributed by atoms with Gasteiger partial charge in [-0.15, -0.1) is 0 Å². The second-order valence-electron chi connectivity index (χ2n) is 7.72. The largest absolute Gasteiger partial charge is 0.299 e. The molecule has 0 saturated heterocycles. The van der Waals surface area contributed by atoms with Crippen molar-refractivity contribution < 1.29 is 26.8 Å². The van der Waals surface area contributed by atoms with E-state index in [2.05, 4.69) is 4.98 Å². The number of fused-ring (bicyclic) bond motifs is 1. The Balaban J connectivity index is 1.71. The van der Waals surface area contributed by atoms with Crippen molar-refractivity contribution in [3.8, 4) is 11.1 Å². The van der Waals surface area contributed by atoms with Crippen LogP contribution >= 0.6 is 11.6 Å². The summed E-state index contributed by atoms with van der Waals surface area (Å²) in [4.78, 5) is 28.7. The number of nitrogens with zero attached hydrogens (tertiary/aromatic N) is 1. The standard InChI is InChI=1S/C24H17ClF2N2O4S/c1-13(30)12-34(32,33)29-21-9-7-19(26)22(23(21)27)24(31)17-6-8-20-18(17)10-15(11-28-20)14-2-4-16(25)5-3-14/h2-7,9-11,29H,8,12H2,1H3. The number of carbonyl (C=O) groups is 2. The van der Waals surface area contributed by atoms with Crippen molar-refractivity contribution in [1.29, 1.82) is 0 Å². The molecule has 34 heavy (non-hydrogen) atoms. The fourth-order valence-electron chi connectivity index (χ4n) is 3.66. The number of allylic oxidation sites excluding steroid dienone is 2. The van der Waals surface area contributed by atoms with Crippen LogP contribution in [0.25, 0.3) is 16.7 Å². The van der Waals surface area contributed by atoms with Crippen LogP contribution in [-0.4, -0.2) is 30.7 Å². The van der Waals surface area contributed by atoms with Crippen molar-refractivity contribution in [1.82, 2.24) is 4.98 Å². The highest BCUT2D eigenvalue weighted by Gasteiger charge is 2.29. The number of Topliss-reactive ketones (excluding diaryl/α,β-unsaturated/α-hetero) is 2. The Bertz CT molecular complexity index is 1470. The molecule has 1 aromatic heterocycles. The number of rotatable bonds is 7. The van der Waals surface area contributed by atoms with E-state index in [9.17, 15) is 22.4 Å². The van der Waals surface area contributed by atoms with Crippen LogP contribution < -0.4 is 4.72 Å². The number of hydrogen-bond acceptors (Lipinski definition) is 5. The molecule has 1 aliphatic rings. The summed E-state index contributed by atoms with van der Waals surface area (Å²) in [5.41, 5.74) is 0.996. The van der Waals surface area contributed by atoms with Crippen molar-refractivity contribution in [2.45, 2.75) is 13.3 Å². The van der Waals surface area contributed by atoms with Gasteiger partial charge in [-0.1, -0.05) is 29.8 Å². The Morgan fingerprint density at radius 2 is 1.79 bits per heavy atom. The molecular weight excluding hydrogens is 486 g/mol. The monoisotopic (exact) mass is 502 g/mol. The van der Waals surface area contributed by atoms with Crippen LogP contribution in [0.1, 0.15) is 28.5 Å². The molecule has 0 saturated carbocycles. The molecule has 1 aliphatic carbocycles. The van der Waals surface area contributed by atoms with Gasteiger partial charge in [0.05, 0.1) is 16.9 Å². The maximum Gasteiger partial charge on any atom is 0.239 e. The summed E-state index contributed by atoms with van der Waals surface area (Å²) < 4.78 is 55.7. The van der Waals surface area contributed by atoms with Crippen LogP contribution in [0.3, 0.4) is 0 Å². The summed E-state index contributed by atoms with van der Waals surface area (Å²) >= 11 is 5.93. The van der Waals surface area contributed by atoms with E-state index in [1.54, 1.807) is 36.5 Å². The number of pyridine rings is 1. The summed E-state index contributed by atoms with van der Waals surface area (Å²) in [6.07, 6.45) is 3.46. The maximum atomic E-state index is 15.1. The zero-order valence-electron chi connectivity index (χ0n) is 17.7. The van der Waals surface area contributed by atoms with E-state index in [0.29, 0.717) is 28.3 Å². The predicted molar refractivity (Wildman–Crippen MR) is 125 cm³/mol. The predicted octanol–water partition coefficient (Wildman–Crippen LogP) is 4.83. The first kappa shape index (κ1) is 23.7. The number of nitrogens with one attached hydrogen (secondary N) is 1. The van der Waals surface area contributed by atoms with E-state index in [-0.39, 0.29) is 5.57 Å². The van der Waals surface area contributed by atoms with E-state index in [4.69, 9.17) is 11.6 Å². The van der Waals surface area contributed by atoms with Crippen molar-refractivity contribution in [3.05, 3.63) is 88.2 Å². The molecule has 0 fully saturated rings. The number of hydrogen-bond donors (Lipinski definition) is 1. The fraction of sp³-hybridized carbons (Fsp3) is 0.125. The van der Waals surface area contributed by atoms with Crippen LogP contribution in [0.4, 0.5) is 14.5 Å². The lowest BCUT2D eigenvalue weighted by atomic mass is 9.96. The van der Waals surface area contributed by atoms with E-state index < -0.39 is 50.2 Å². The lowest BCUT2D eigenvalue weighted by molar-refractivity contribution is -0.114. The van der Waals surface area contributed by atoms with Crippen LogP contribution in [0, 0.1) is 11.6 Å². The lowest BCUT2D eigenvalue weighted by Crippen LogP contribution is -2.22. The third-order valence-corrected chi connectivity index (χ3v) is 6.73. The summed E-state index contributed by atoms with van der Waals surface area (Å²) in [6.45, 7) is 1.06. The quantitative estimate of drug-likeness (QED) is 0.467. The highest BCUT2D eigenvalue weighted by Crippen LogP contribution is 2.34. The molecule has 0 aliphatic heterocycles. The van der Waals surface area contributed by atoms with Gasteiger partial charge in [-0.25, -0.2) is 17.2 Å². The molecule has 4 rings (SSSR count). The second kappa shape index (κ2) is 9.08. The SMILES string of the molecule is CC(=O)CS(=O)(=O)Nc1ccc(F)c(C(=O)C2=CCc3ncc(-c4ccc(Cl)cc4)cc32)c1F. The van der Waals surface area contributed by atoms with Gasteiger partial charge in [-0.05, 0) is 42.8 Å². The van der Waals surface area contributed by atoms with Gasteiger partial charge in [0.15, 0.2) is 11.6 Å². The number of anilines is 1. The molecule has 10 heteroatoms. The van der Waals surface area contributed by atoms with Gasteiger partial charge in [-0.3, -0.25) is 19.3 Å². The first-order valence-corrected chi connectivity index (χ1v) is 12.1. The van der Waals surface area contributed by atoms with Crippen LogP contribution in [0.15, 0.2) is 54.7 Å². The Labute approximate surface area is 199 Å². The zero-order chi connectivity index (χ0) is 24.6. The van der Waals surface area contributed by atoms with Gasteiger partial charge in [0.2, 0.25) is 10.0 Å². The molecule has 0 spiro atoms. The minimum absolute atomic E-state index is 0.0554. The average molecular weight is 503 g/mol. The molecule has 3 aromatic rings. The zero-order valence-corrected chi connectivity index (χ0v) is 19.3. The molecular formula is C24H17ClF2N2O4S. The van der Waals surface area contributed by atoms with Crippen LogP contribution in [-0.2, 0) is 21.2 Å². The van der Waals surface area contributed by atoms with E-state index >= 15 is 4.39 Å². The van der Waals surface area contributed by atoms with Crippen LogP contribution in [0.2, 0.25) is 5.02 Å². The van der Waals surface area contributed by atoms with Gasteiger partial charge in [0.1, 0.15) is 17.4 Å². The van der Waals surface area contributed by atoms with Crippen molar-refractivity contribution in [3.63, 3.8) is 0 Å².